The van der Waals surface area contributed by atoms with Crippen LogP contribution in [-0.2, 0) is 20.7 Å². The molecular formula is C17H18O3S. The first kappa shape index (κ1) is 15.5. The standard InChI is InChI=1S/C17H18O3S/c1-21(18,19)20-14-13-17-11-9-16(10-12-17)8-7-15-5-3-2-4-6-15/h2-12H,13-14H2,1H3. The van der Waals surface area contributed by atoms with Gasteiger partial charge in [0, 0.05) is 0 Å². The predicted molar refractivity (Wildman–Crippen MR) is 86.3 cm³/mol. The molecule has 2 aromatic carbocycles. The van der Waals surface area contributed by atoms with E-state index in [1.165, 1.54) is 0 Å². The van der Waals surface area contributed by atoms with Crippen molar-refractivity contribution in [2.24, 2.45) is 0 Å². The lowest BCUT2D eigenvalue weighted by Gasteiger charge is -2.02. The van der Waals surface area contributed by atoms with Crippen molar-refractivity contribution in [1.29, 1.82) is 0 Å². The summed E-state index contributed by atoms with van der Waals surface area (Å²) in [7, 11) is -3.35. The Hall–Kier alpha value is -1.91. The maximum atomic E-state index is 10.9. The van der Waals surface area contributed by atoms with E-state index in [2.05, 4.69) is 6.08 Å². The summed E-state index contributed by atoms with van der Waals surface area (Å²) in [6.45, 7) is 0.179. The van der Waals surface area contributed by atoms with Crippen molar-refractivity contribution in [3.05, 3.63) is 71.3 Å². The summed E-state index contributed by atoms with van der Waals surface area (Å²) in [4.78, 5) is 0. The molecule has 110 valence electrons. The lowest BCUT2D eigenvalue weighted by atomic mass is 10.1. The average molecular weight is 302 g/mol. The molecule has 2 aromatic rings. The Kier molecular flexibility index (Phi) is 5.31. The molecule has 0 saturated heterocycles. The van der Waals surface area contributed by atoms with E-state index in [9.17, 15) is 8.42 Å². The van der Waals surface area contributed by atoms with E-state index in [4.69, 9.17) is 4.18 Å². The van der Waals surface area contributed by atoms with E-state index in [1.54, 1.807) is 0 Å². The zero-order valence-electron chi connectivity index (χ0n) is 11.9. The lowest BCUT2D eigenvalue weighted by molar-refractivity contribution is 0.326. The molecule has 0 fully saturated rings. The maximum Gasteiger partial charge on any atom is 0.264 e. The van der Waals surface area contributed by atoms with Gasteiger partial charge in [0.2, 0.25) is 0 Å². The van der Waals surface area contributed by atoms with E-state index in [1.807, 2.05) is 60.7 Å². The molecule has 0 amide bonds. The van der Waals surface area contributed by atoms with Gasteiger partial charge in [-0.2, -0.15) is 8.42 Å². The Bertz CT molecular complexity index is 687. The first-order valence-electron chi connectivity index (χ1n) is 6.69. The van der Waals surface area contributed by atoms with Gasteiger partial charge in [-0.3, -0.25) is 4.18 Å². The molecule has 0 aromatic heterocycles. The molecule has 2 rings (SSSR count). The first-order valence-corrected chi connectivity index (χ1v) is 8.51. The molecule has 21 heavy (non-hydrogen) atoms. The molecule has 0 atom stereocenters. The van der Waals surface area contributed by atoms with Gasteiger partial charge in [-0.1, -0.05) is 66.7 Å². The van der Waals surface area contributed by atoms with Crippen molar-refractivity contribution in [2.45, 2.75) is 6.42 Å². The van der Waals surface area contributed by atoms with Crippen LogP contribution in [0.25, 0.3) is 12.2 Å². The van der Waals surface area contributed by atoms with E-state index < -0.39 is 10.1 Å². The largest absolute Gasteiger partial charge is 0.270 e. The summed E-state index contributed by atoms with van der Waals surface area (Å²) >= 11 is 0. The minimum atomic E-state index is -3.35. The van der Waals surface area contributed by atoms with E-state index >= 15 is 0 Å². The summed E-state index contributed by atoms with van der Waals surface area (Å²) in [5.74, 6) is 0. The number of hydrogen-bond donors (Lipinski definition) is 0. The fraction of sp³-hybridized carbons (Fsp3) is 0.176. The van der Waals surface area contributed by atoms with Gasteiger partial charge in [0.15, 0.2) is 0 Å². The van der Waals surface area contributed by atoms with Crippen LogP contribution in [0.15, 0.2) is 54.6 Å². The molecule has 0 bridgehead atoms. The lowest BCUT2D eigenvalue weighted by Crippen LogP contribution is -2.06. The van der Waals surface area contributed by atoms with Crippen LogP contribution in [0, 0.1) is 0 Å². The Morgan fingerprint density at radius 1 is 0.905 bits per heavy atom. The van der Waals surface area contributed by atoms with Gasteiger partial charge >= 0.3 is 0 Å². The van der Waals surface area contributed by atoms with Crippen molar-refractivity contribution in [1.82, 2.24) is 0 Å². The van der Waals surface area contributed by atoms with Gasteiger partial charge in [0.1, 0.15) is 0 Å². The highest BCUT2D eigenvalue weighted by atomic mass is 32.2. The predicted octanol–water partition coefficient (Wildman–Crippen LogP) is 3.38. The molecule has 0 saturated carbocycles. The highest BCUT2D eigenvalue weighted by Crippen LogP contribution is 2.10. The third-order valence-corrected chi connectivity index (χ3v) is 3.53. The highest BCUT2D eigenvalue weighted by Gasteiger charge is 2.01. The van der Waals surface area contributed by atoms with Crippen LogP contribution in [-0.4, -0.2) is 21.3 Å². The van der Waals surface area contributed by atoms with E-state index in [-0.39, 0.29) is 6.61 Å². The quantitative estimate of drug-likeness (QED) is 0.607. The molecule has 0 aliphatic carbocycles. The molecule has 0 aliphatic rings. The highest BCUT2D eigenvalue weighted by molar-refractivity contribution is 7.85. The van der Waals surface area contributed by atoms with Crippen molar-refractivity contribution in [2.75, 3.05) is 12.9 Å². The zero-order valence-corrected chi connectivity index (χ0v) is 12.7. The summed E-state index contributed by atoms with van der Waals surface area (Å²) < 4.78 is 26.5. The Morgan fingerprint density at radius 3 is 2.05 bits per heavy atom. The van der Waals surface area contributed by atoms with Crippen LogP contribution in [0.3, 0.4) is 0 Å². The minimum absolute atomic E-state index is 0.179. The second-order valence-corrected chi connectivity index (χ2v) is 6.41. The molecule has 3 nitrogen and oxygen atoms in total. The van der Waals surface area contributed by atoms with Crippen LogP contribution in [0.2, 0.25) is 0 Å². The number of rotatable bonds is 6. The maximum absolute atomic E-state index is 10.9. The topological polar surface area (TPSA) is 43.4 Å². The average Bonchev–Trinajstić information content (AvgIpc) is 2.46. The van der Waals surface area contributed by atoms with Crippen molar-refractivity contribution >= 4 is 22.3 Å². The Labute approximate surface area is 126 Å². The summed E-state index contributed by atoms with van der Waals surface area (Å²) in [5.41, 5.74) is 3.31. The summed E-state index contributed by atoms with van der Waals surface area (Å²) in [6, 6.07) is 18.1. The van der Waals surface area contributed by atoms with Gasteiger partial charge in [0.05, 0.1) is 12.9 Å². The van der Waals surface area contributed by atoms with E-state index in [0.717, 1.165) is 22.9 Å². The zero-order chi connectivity index (χ0) is 15.1. The SMILES string of the molecule is CS(=O)(=O)OCCc1ccc(C=Cc2ccccc2)cc1. The smallest absolute Gasteiger partial charge is 0.264 e. The van der Waals surface area contributed by atoms with Crippen LogP contribution in [0.1, 0.15) is 16.7 Å². The molecule has 0 N–H and O–H groups in total. The normalized spacial score (nSPS) is 11.9. The first-order chi connectivity index (χ1) is 10.0. The third-order valence-electron chi connectivity index (χ3n) is 2.94. The van der Waals surface area contributed by atoms with Crippen LogP contribution < -0.4 is 0 Å². The fourth-order valence-electron chi connectivity index (χ4n) is 1.86. The Morgan fingerprint density at radius 2 is 1.48 bits per heavy atom. The van der Waals surface area contributed by atoms with Crippen molar-refractivity contribution in [3.8, 4) is 0 Å². The Balaban J connectivity index is 1.91. The fourth-order valence-corrected chi connectivity index (χ4v) is 2.25. The van der Waals surface area contributed by atoms with E-state index in [0.29, 0.717) is 6.42 Å². The van der Waals surface area contributed by atoms with Gasteiger partial charge in [0.25, 0.3) is 10.1 Å². The van der Waals surface area contributed by atoms with Crippen molar-refractivity contribution in [3.63, 3.8) is 0 Å². The second kappa shape index (κ2) is 7.20. The van der Waals surface area contributed by atoms with Gasteiger partial charge in [-0.15, -0.1) is 0 Å². The molecular weight excluding hydrogens is 284 g/mol. The monoisotopic (exact) mass is 302 g/mol. The molecule has 0 unspecified atom stereocenters. The van der Waals surface area contributed by atoms with Gasteiger partial charge in [-0.05, 0) is 23.1 Å². The third kappa shape index (κ3) is 5.94. The second-order valence-electron chi connectivity index (χ2n) is 4.76. The number of hydrogen-bond acceptors (Lipinski definition) is 3. The number of benzene rings is 2. The van der Waals surface area contributed by atoms with Gasteiger partial charge in [-0.25, -0.2) is 0 Å². The van der Waals surface area contributed by atoms with Gasteiger partial charge < -0.3 is 0 Å². The molecule has 0 radical (unpaired) electrons. The van der Waals surface area contributed by atoms with Crippen LogP contribution >= 0.6 is 0 Å². The molecule has 0 spiro atoms. The van der Waals surface area contributed by atoms with Crippen LogP contribution in [0.5, 0.6) is 0 Å². The summed E-state index contributed by atoms with van der Waals surface area (Å²) in [5, 5.41) is 0. The van der Waals surface area contributed by atoms with Crippen molar-refractivity contribution < 1.29 is 12.6 Å². The minimum Gasteiger partial charge on any atom is -0.270 e. The molecule has 0 heterocycles. The molecule has 0 aliphatic heterocycles. The van der Waals surface area contributed by atoms with Crippen LogP contribution in [0.4, 0.5) is 0 Å². The summed E-state index contributed by atoms with van der Waals surface area (Å²) in [6.07, 6.45) is 5.74. The molecule has 4 heteroatoms.